The molecule has 136 valence electrons. The predicted molar refractivity (Wildman–Crippen MR) is 105 cm³/mol. The Bertz CT molecular complexity index is 928. The summed E-state index contributed by atoms with van der Waals surface area (Å²) in [7, 11) is 1.60. The second-order valence-electron chi connectivity index (χ2n) is 5.90. The first kappa shape index (κ1) is 18.3. The number of rotatable bonds is 7. The molecule has 0 unspecified atom stereocenters. The summed E-state index contributed by atoms with van der Waals surface area (Å²) in [6, 6.07) is 21.8. The van der Waals surface area contributed by atoms with Crippen LogP contribution in [0.3, 0.4) is 0 Å². The summed E-state index contributed by atoms with van der Waals surface area (Å²) in [6.07, 6.45) is 3.11. The smallest absolute Gasteiger partial charge is 0.193 e. The maximum atomic E-state index is 12.6. The molecule has 3 aromatic carbocycles. The van der Waals surface area contributed by atoms with E-state index < -0.39 is 0 Å². The number of allylic oxidation sites excluding steroid dienone is 1. The molecule has 27 heavy (non-hydrogen) atoms. The molecule has 0 atom stereocenters. The maximum absolute atomic E-state index is 12.6. The Morgan fingerprint density at radius 3 is 2.41 bits per heavy atom. The van der Waals surface area contributed by atoms with Crippen LogP contribution in [0.2, 0.25) is 0 Å². The van der Waals surface area contributed by atoms with E-state index in [9.17, 15) is 9.90 Å². The van der Waals surface area contributed by atoms with Crippen LogP contribution in [-0.4, -0.2) is 18.0 Å². The molecule has 0 amide bonds. The lowest BCUT2D eigenvalue weighted by molar-refractivity contribution is 0.104. The Morgan fingerprint density at radius 2 is 1.70 bits per heavy atom. The first-order valence-electron chi connectivity index (χ1n) is 8.52. The van der Waals surface area contributed by atoms with Crippen molar-refractivity contribution < 1.29 is 19.4 Å². The van der Waals surface area contributed by atoms with Crippen LogP contribution in [-0.2, 0) is 6.61 Å². The van der Waals surface area contributed by atoms with Gasteiger partial charge in [-0.3, -0.25) is 4.79 Å². The highest BCUT2D eigenvalue weighted by Crippen LogP contribution is 2.29. The fourth-order valence-corrected chi connectivity index (χ4v) is 2.59. The Kier molecular flexibility index (Phi) is 5.90. The number of hydrogen-bond acceptors (Lipinski definition) is 4. The summed E-state index contributed by atoms with van der Waals surface area (Å²) in [5.74, 6) is 0.663. The minimum Gasteiger partial charge on any atom is -0.507 e. The average Bonchev–Trinajstić information content (AvgIpc) is 2.71. The third-order valence-corrected chi connectivity index (χ3v) is 4.03. The van der Waals surface area contributed by atoms with E-state index in [2.05, 4.69) is 0 Å². The highest BCUT2D eigenvalue weighted by molar-refractivity contribution is 6.10. The van der Waals surface area contributed by atoms with Gasteiger partial charge in [-0.05, 0) is 41.5 Å². The highest BCUT2D eigenvalue weighted by atomic mass is 16.5. The molecule has 0 aliphatic heterocycles. The second kappa shape index (κ2) is 8.72. The molecule has 0 radical (unpaired) electrons. The molecule has 0 heterocycles. The Morgan fingerprint density at radius 1 is 0.963 bits per heavy atom. The van der Waals surface area contributed by atoms with E-state index in [1.807, 2.05) is 54.6 Å². The number of aromatic hydroxyl groups is 1. The van der Waals surface area contributed by atoms with Gasteiger partial charge in [0.05, 0.1) is 7.11 Å². The van der Waals surface area contributed by atoms with E-state index >= 15 is 0 Å². The molecule has 0 bridgehead atoms. The average molecular weight is 360 g/mol. The van der Waals surface area contributed by atoms with Gasteiger partial charge < -0.3 is 14.6 Å². The maximum Gasteiger partial charge on any atom is 0.193 e. The lowest BCUT2D eigenvalue weighted by Crippen LogP contribution is -2.03. The lowest BCUT2D eigenvalue weighted by atomic mass is 10.1. The van der Waals surface area contributed by atoms with Gasteiger partial charge in [0.1, 0.15) is 29.4 Å². The first-order chi connectivity index (χ1) is 13.2. The van der Waals surface area contributed by atoms with Crippen molar-refractivity contribution in [2.24, 2.45) is 0 Å². The number of hydrogen-bond donors (Lipinski definition) is 1. The molecule has 0 aliphatic rings. The van der Waals surface area contributed by atoms with Gasteiger partial charge >= 0.3 is 0 Å². The van der Waals surface area contributed by atoms with Crippen LogP contribution in [0.5, 0.6) is 17.2 Å². The van der Waals surface area contributed by atoms with Gasteiger partial charge in [-0.15, -0.1) is 0 Å². The fourth-order valence-electron chi connectivity index (χ4n) is 2.59. The van der Waals surface area contributed by atoms with Crippen molar-refractivity contribution >= 4 is 11.9 Å². The third kappa shape index (κ3) is 4.76. The molecule has 4 nitrogen and oxygen atoms in total. The normalized spacial score (nSPS) is 10.7. The minimum absolute atomic E-state index is 0.107. The standard InChI is InChI=1S/C23H20O4/c1-26-19-13-10-17(11-14-19)12-15-21(25)23-20(24)8-5-9-22(23)27-16-18-6-3-2-4-7-18/h2-15,24H,16H2,1H3/b15-12+. The molecule has 0 saturated heterocycles. The zero-order valence-corrected chi connectivity index (χ0v) is 15.0. The molecule has 3 aromatic rings. The number of carbonyl (C=O) groups is 1. The van der Waals surface area contributed by atoms with Crippen molar-refractivity contribution in [3.8, 4) is 17.2 Å². The van der Waals surface area contributed by atoms with Crippen molar-refractivity contribution in [1.29, 1.82) is 0 Å². The van der Waals surface area contributed by atoms with Gasteiger partial charge in [0.25, 0.3) is 0 Å². The quantitative estimate of drug-likeness (QED) is 0.482. The van der Waals surface area contributed by atoms with E-state index in [0.29, 0.717) is 12.4 Å². The highest BCUT2D eigenvalue weighted by Gasteiger charge is 2.15. The minimum atomic E-state index is -0.327. The zero-order valence-electron chi connectivity index (χ0n) is 15.0. The van der Waals surface area contributed by atoms with Crippen molar-refractivity contribution in [2.45, 2.75) is 6.61 Å². The molecule has 1 N–H and O–H groups in total. The lowest BCUT2D eigenvalue weighted by Gasteiger charge is -2.11. The van der Waals surface area contributed by atoms with Crippen LogP contribution in [0.15, 0.2) is 78.9 Å². The summed E-state index contributed by atoms with van der Waals surface area (Å²) in [5.41, 5.74) is 1.98. The molecular formula is C23H20O4. The monoisotopic (exact) mass is 360 g/mol. The van der Waals surface area contributed by atoms with E-state index in [1.54, 1.807) is 25.3 Å². The van der Waals surface area contributed by atoms with Crippen molar-refractivity contribution in [3.05, 3.63) is 95.6 Å². The summed E-state index contributed by atoms with van der Waals surface area (Å²) in [5, 5.41) is 10.2. The van der Waals surface area contributed by atoms with Crippen LogP contribution >= 0.6 is 0 Å². The summed E-state index contributed by atoms with van der Waals surface area (Å²) in [4.78, 5) is 12.6. The number of carbonyl (C=O) groups excluding carboxylic acids is 1. The number of methoxy groups -OCH3 is 1. The molecule has 0 spiro atoms. The van der Waals surface area contributed by atoms with Gasteiger partial charge in [-0.25, -0.2) is 0 Å². The van der Waals surface area contributed by atoms with Gasteiger partial charge in [-0.2, -0.15) is 0 Å². The summed E-state index contributed by atoms with van der Waals surface area (Å²) >= 11 is 0. The Hall–Kier alpha value is -3.53. The number of ketones is 1. The number of phenols is 1. The van der Waals surface area contributed by atoms with E-state index in [-0.39, 0.29) is 17.1 Å². The van der Waals surface area contributed by atoms with Crippen molar-refractivity contribution in [3.63, 3.8) is 0 Å². The van der Waals surface area contributed by atoms with Crippen LogP contribution in [0.1, 0.15) is 21.5 Å². The summed E-state index contributed by atoms with van der Waals surface area (Å²) < 4.78 is 10.9. The largest absolute Gasteiger partial charge is 0.507 e. The second-order valence-corrected chi connectivity index (χ2v) is 5.90. The predicted octanol–water partition coefficient (Wildman–Crippen LogP) is 4.88. The van der Waals surface area contributed by atoms with Crippen LogP contribution in [0.25, 0.3) is 6.08 Å². The summed E-state index contributed by atoms with van der Waals surface area (Å²) in [6.45, 7) is 0.312. The molecule has 0 aromatic heterocycles. The SMILES string of the molecule is COc1ccc(/C=C/C(=O)c2c(O)cccc2OCc2ccccc2)cc1. The number of phenolic OH excluding ortho intramolecular Hbond substituents is 1. The number of benzene rings is 3. The molecule has 0 saturated carbocycles. The van der Waals surface area contributed by atoms with E-state index in [1.165, 1.54) is 12.1 Å². The van der Waals surface area contributed by atoms with E-state index in [4.69, 9.17) is 9.47 Å². The third-order valence-electron chi connectivity index (χ3n) is 4.03. The Labute approximate surface area is 158 Å². The van der Waals surface area contributed by atoms with Crippen LogP contribution < -0.4 is 9.47 Å². The van der Waals surface area contributed by atoms with Crippen LogP contribution in [0.4, 0.5) is 0 Å². The van der Waals surface area contributed by atoms with Gasteiger partial charge in [-0.1, -0.05) is 54.6 Å². The molecule has 3 rings (SSSR count). The first-order valence-corrected chi connectivity index (χ1v) is 8.52. The van der Waals surface area contributed by atoms with E-state index in [0.717, 1.165) is 16.9 Å². The Balaban J connectivity index is 1.77. The number of ether oxygens (including phenoxy) is 2. The molecular weight excluding hydrogens is 340 g/mol. The van der Waals surface area contributed by atoms with Crippen molar-refractivity contribution in [2.75, 3.05) is 7.11 Å². The molecule has 0 aliphatic carbocycles. The zero-order chi connectivity index (χ0) is 19.1. The fraction of sp³-hybridized carbons (Fsp3) is 0.0870. The van der Waals surface area contributed by atoms with Crippen LogP contribution in [0, 0.1) is 0 Å². The van der Waals surface area contributed by atoms with Gasteiger partial charge in [0.15, 0.2) is 5.78 Å². The van der Waals surface area contributed by atoms with Gasteiger partial charge in [0.2, 0.25) is 0 Å². The van der Waals surface area contributed by atoms with Crippen molar-refractivity contribution in [1.82, 2.24) is 0 Å². The topological polar surface area (TPSA) is 55.8 Å². The van der Waals surface area contributed by atoms with Gasteiger partial charge in [0, 0.05) is 0 Å². The molecule has 4 heteroatoms. The molecule has 0 fully saturated rings.